The second-order valence-corrected chi connectivity index (χ2v) is 11.0. The number of anilines is 1. The maximum atomic E-state index is 12.6. The van der Waals surface area contributed by atoms with Gasteiger partial charge in [0.25, 0.3) is 15.9 Å². The van der Waals surface area contributed by atoms with Crippen LogP contribution in [0, 0.1) is 6.92 Å². The van der Waals surface area contributed by atoms with Gasteiger partial charge in [0, 0.05) is 22.3 Å². The molecule has 1 amide bonds. The van der Waals surface area contributed by atoms with Crippen LogP contribution in [0.25, 0.3) is 0 Å². The number of nitrogens with one attached hydrogen (secondary N) is 2. The van der Waals surface area contributed by atoms with Crippen LogP contribution in [0.3, 0.4) is 0 Å². The van der Waals surface area contributed by atoms with Gasteiger partial charge in [0.2, 0.25) is 0 Å². The second-order valence-electron chi connectivity index (χ2n) is 6.67. The highest BCUT2D eigenvalue weighted by Gasteiger charge is 2.29. The fourth-order valence-electron chi connectivity index (χ4n) is 2.94. The lowest BCUT2D eigenvalue weighted by Crippen LogP contribution is -2.35. The highest BCUT2D eigenvalue weighted by molar-refractivity contribution is 7.92. The quantitative estimate of drug-likeness (QED) is 0.738. The number of aryl methyl sites for hydroxylation is 1. The molecule has 1 heterocycles. The summed E-state index contributed by atoms with van der Waals surface area (Å²) in [4.78, 5) is 12.3. The number of hydrogen-bond acceptors (Lipinski definition) is 5. The van der Waals surface area contributed by atoms with E-state index in [1.54, 1.807) is 19.1 Å². The van der Waals surface area contributed by atoms with E-state index in [9.17, 15) is 21.6 Å². The van der Waals surface area contributed by atoms with E-state index in [-0.39, 0.29) is 16.4 Å². The molecule has 2 aromatic rings. The lowest BCUT2D eigenvalue weighted by atomic mass is 10.1. The predicted molar refractivity (Wildman–Crippen MR) is 108 cm³/mol. The molecule has 1 aliphatic rings. The molecule has 3 rings (SSSR count). The van der Waals surface area contributed by atoms with E-state index in [2.05, 4.69) is 10.0 Å². The minimum Gasteiger partial charge on any atom is -0.348 e. The molecule has 28 heavy (non-hydrogen) atoms. The fourth-order valence-corrected chi connectivity index (χ4v) is 6.18. The Morgan fingerprint density at radius 1 is 1.14 bits per heavy atom. The Morgan fingerprint density at radius 3 is 2.43 bits per heavy atom. The average molecular weight is 443 g/mol. The zero-order valence-corrected chi connectivity index (χ0v) is 17.4. The molecule has 0 unspecified atom stereocenters. The van der Waals surface area contributed by atoms with Crippen molar-refractivity contribution >= 4 is 43.1 Å². The van der Waals surface area contributed by atoms with Gasteiger partial charge in [-0.2, -0.15) is 0 Å². The summed E-state index contributed by atoms with van der Waals surface area (Å²) >= 11 is 5.89. The Balaban J connectivity index is 1.70. The van der Waals surface area contributed by atoms with Crippen LogP contribution in [0.1, 0.15) is 22.3 Å². The Bertz CT molecular complexity index is 1110. The highest BCUT2D eigenvalue weighted by atomic mass is 35.5. The van der Waals surface area contributed by atoms with Crippen LogP contribution in [-0.4, -0.2) is 40.3 Å². The molecular formula is C18H19ClN2O5S2. The molecule has 2 aromatic carbocycles. The van der Waals surface area contributed by atoms with E-state index in [0.29, 0.717) is 28.3 Å². The SMILES string of the molecule is Cc1ccc(Cl)cc1S(=O)(=O)Nc1ccc(C(=O)N[C@H]2CCS(=O)(=O)C2)cc1. The Hall–Kier alpha value is -2.10. The first-order valence-electron chi connectivity index (χ1n) is 8.46. The molecule has 0 spiro atoms. The van der Waals surface area contributed by atoms with E-state index in [1.807, 2.05) is 0 Å². The first-order valence-corrected chi connectivity index (χ1v) is 12.1. The number of benzene rings is 2. The number of sulfonamides is 1. The maximum Gasteiger partial charge on any atom is 0.262 e. The second kappa shape index (κ2) is 7.73. The van der Waals surface area contributed by atoms with Crippen molar-refractivity contribution in [3.05, 3.63) is 58.6 Å². The van der Waals surface area contributed by atoms with Crippen molar-refractivity contribution < 1.29 is 21.6 Å². The van der Waals surface area contributed by atoms with Crippen molar-refractivity contribution in [2.75, 3.05) is 16.2 Å². The van der Waals surface area contributed by atoms with E-state index < -0.39 is 31.8 Å². The number of carbonyl (C=O) groups is 1. The third-order valence-electron chi connectivity index (χ3n) is 4.41. The van der Waals surface area contributed by atoms with Crippen molar-refractivity contribution in [1.82, 2.24) is 5.32 Å². The van der Waals surface area contributed by atoms with Gasteiger partial charge in [0.1, 0.15) is 0 Å². The number of rotatable bonds is 5. The topological polar surface area (TPSA) is 109 Å². The third kappa shape index (κ3) is 4.84. The van der Waals surface area contributed by atoms with Crippen LogP contribution in [0.2, 0.25) is 5.02 Å². The van der Waals surface area contributed by atoms with Crippen molar-refractivity contribution in [1.29, 1.82) is 0 Å². The molecule has 0 radical (unpaired) electrons. The lowest BCUT2D eigenvalue weighted by molar-refractivity contribution is 0.0941. The maximum absolute atomic E-state index is 12.6. The molecule has 1 atom stereocenters. The zero-order chi connectivity index (χ0) is 20.5. The summed E-state index contributed by atoms with van der Waals surface area (Å²) in [5.41, 5.74) is 1.16. The van der Waals surface area contributed by atoms with Gasteiger partial charge in [-0.3, -0.25) is 9.52 Å². The first-order chi connectivity index (χ1) is 13.1. The van der Waals surface area contributed by atoms with Gasteiger partial charge in [-0.25, -0.2) is 16.8 Å². The Morgan fingerprint density at radius 2 is 1.82 bits per heavy atom. The Labute approximate surface area is 169 Å². The fraction of sp³-hybridized carbons (Fsp3) is 0.278. The number of carbonyl (C=O) groups excluding carboxylic acids is 1. The first kappa shape index (κ1) is 20.6. The monoisotopic (exact) mass is 442 g/mol. The van der Waals surface area contributed by atoms with Gasteiger partial charge in [-0.1, -0.05) is 17.7 Å². The summed E-state index contributed by atoms with van der Waals surface area (Å²) in [7, 11) is -6.92. The van der Waals surface area contributed by atoms with Crippen molar-refractivity contribution in [3.8, 4) is 0 Å². The molecule has 1 aliphatic heterocycles. The van der Waals surface area contributed by atoms with Gasteiger partial charge >= 0.3 is 0 Å². The molecule has 0 bridgehead atoms. The summed E-state index contributed by atoms with van der Waals surface area (Å²) in [5.74, 6) is -0.390. The van der Waals surface area contributed by atoms with Crippen LogP contribution in [-0.2, 0) is 19.9 Å². The zero-order valence-electron chi connectivity index (χ0n) is 15.0. The standard InChI is InChI=1S/C18H19ClN2O5S2/c1-12-2-5-14(19)10-17(12)28(25,26)21-15-6-3-13(4-7-15)18(22)20-16-8-9-27(23,24)11-16/h2-7,10,16,21H,8-9,11H2,1H3,(H,20,22)/t16-/m0/s1. The number of halogens is 1. The van der Waals surface area contributed by atoms with Gasteiger partial charge in [-0.05, 0) is 55.3 Å². The van der Waals surface area contributed by atoms with E-state index >= 15 is 0 Å². The molecule has 7 nitrogen and oxygen atoms in total. The summed E-state index contributed by atoms with van der Waals surface area (Å²) in [6.45, 7) is 1.67. The van der Waals surface area contributed by atoms with E-state index in [0.717, 1.165) is 0 Å². The van der Waals surface area contributed by atoms with Gasteiger partial charge in [-0.15, -0.1) is 0 Å². The lowest BCUT2D eigenvalue weighted by Gasteiger charge is -2.13. The molecule has 0 aromatic heterocycles. The molecule has 0 saturated carbocycles. The van der Waals surface area contributed by atoms with Crippen molar-refractivity contribution in [2.24, 2.45) is 0 Å². The summed E-state index contributed by atoms with van der Waals surface area (Å²) in [6, 6.07) is 10.1. The number of hydrogen-bond donors (Lipinski definition) is 2. The summed E-state index contributed by atoms with van der Waals surface area (Å²) < 4.78 is 50.6. The van der Waals surface area contributed by atoms with Crippen LogP contribution < -0.4 is 10.0 Å². The summed E-state index contributed by atoms with van der Waals surface area (Å²) in [6.07, 6.45) is 0.394. The van der Waals surface area contributed by atoms with Crippen molar-refractivity contribution in [3.63, 3.8) is 0 Å². The van der Waals surface area contributed by atoms with Crippen LogP contribution in [0.15, 0.2) is 47.4 Å². The summed E-state index contributed by atoms with van der Waals surface area (Å²) in [5, 5.41) is 3.00. The smallest absolute Gasteiger partial charge is 0.262 e. The highest BCUT2D eigenvalue weighted by Crippen LogP contribution is 2.23. The van der Waals surface area contributed by atoms with E-state index in [1.165, 1.54) is 30.3 Å². The molecule has 2 N–H and O–H groups in total. The van der Waals surface area contributed by atoms with Gasteiger partial charge in [0.05, 0.1) is 16.4 Å². The third-order valence-corrected chi connectivity index (χ3v) is 7.93. The van der Waals surface area contributed by atoms with Crippen LogP contribution in [0.5, 0.6) is 0 Å². The minimum absolute atomic E-state index is 0.0599. The average Bonchev–Trinajstić information content (AvgIpc) is 2.95. The minimum atomic E-state index is -3.83. The molecule has 1 saturated heterocycles. The number of amides is 1. The van der Waals surface area contributed by atoms with Crippen LogP contribution in [0.4, 0.5) is 5.69 Å². The molecule has 10 heteroatoms. The van der Waals surface area contributed by atoms with E-state index in [4.69, 9.17) is 11.6 Å². The normalized spacial score (nSPS) is 18.6. The predicted octanol–water partition coefficient (Wildman–Crippen LogP) is 2.37. The Kier molecular flexibility index (Phi) is 5.69. The van der Waals surface area contributed by atoms with Crippen LogP contribution >= 0.6 is 11.6 Å². The number of sulfone groups is 1. The molecule has 1 fully saturated rings. The molecule has 0 aliphatic carbocycles. The largest absolute Gasteiger partial charge is 0.348 e. The van der Waals surface area contributed by atoms with Crippen molar-refractivity contribution in [2.45, 2.75) is 24.3 Å². The molecule has 150 valence electrons. The van der Waals surface area contributed by atoms with Gasteiger partial charge < -0.3 is 5.32 Å². The van der Waals surface area contributed by atoms with Gasteiger partial charge in [0.15, 0.2) is 9.84 Å². The molecular weight excluding hydrogens is 424 g/mol.